The Labute approximate surface area is 107 Å². The van der Waals surface area contributed by atoms with E-state index in [2.05, 4.69) is 0 Å². The fourth-order valence-corrected chi connectivity index (χ4v) is 1.75. The van der Waals surface area contributed by atoms with Crippen molar-refractivity contribution in [1.82, 2.24) is 5.06 Å². The highest BCUT2D eigenvalue weighted by Crippen LogP contribution is 2.17. The van der Waals surface area contributed by atoms with Crippen molar-refractivity contribution >= 4 is 5.97 Å². The van der Waals surface area contributed by atoms with E-state index in [-0.39, 0.29) is 12.2 Å². The Hall–Kier alpha value is -1.97. The number of carbonyl (C=O) groups excluding carboxylic acids is 1. The molecule has 1 aliphatic heterocycles. The summed E-state index contributed by atoms with van der Waals surface area (Å²) in [5.41, 5.74) is 1.14. The second-order valence-corrected chi connectivity index (χ2v) is 4.14. The predicted octanol–water partition coefficient (Wildman–Crippen LogP) is 2.62. The summed E-state index contributed by atoms with van der Waals surface area (Å²) >= 11 is 0. The molecule has 0 saturated heterocycles. The van der Waals surface area contributed by atoms with E-state index >= 15 is 0 Å². The van der Waals surface area contributed by atoms with Gasteiger partial charge in [0.25, 0.3) is 0 Å². The van der Waals surface area contributed by atoms with Crippen LogP contribution in [0, 0.1) is 0 Å². The van der Waals surface area contributed by atoms with Crippen molar-refractivity contribution in [1.29, 1.82) is 0 Å². The van der Waals surface area contributed by atoms with Crippen LogP contribution in [0.2, 0.25) is 0 Å². The number of benzene rings is 1. The second-order valence-electron chi connectivity index (χ2n) is 4.14. The number of hydrogen-bond acceptors (Lipinski definition) is 4. The summed E-state index contributed by atoms with van der Waals surface area (Å²) < 4.78 is 5.42. The maximum absolute atomic E-state index is 11.4. The van der Waals surface area contributed by atoms with Crippen LogP contribution in [0.3, 0.4) is 0 Å². The van der Waals surface area contributed by atoms with Crippen molar-refractivity contribution in [2.24, 2.45) is 0 Å². The molecule has 96 valence electrons. The van der Waals surface area contributed by atoms with Gasteiger partial charge in [-0.2, -0.15) is 5.06 Å². The highest BCUT2D eigenvalue weighted by Gasteiger charge is 2.24. The highest BCUT2D eigenvalue weighted by molar-refractivity contribution is 5.68. The smallest absolute Gasteiger partial charge is 0.332 e. The zero-order valence-electron chi connectivity index (χ0n) is 10.4. The Morgan fingerprint density at radius 1 is 1.39 bits per heavy atom. The lowest BCUT2D eigenvalue weighted by molar-refractivity contribution is -0.202. The molecule has 0 aromatic heterocycles. The van der Waals surface area contributed by atoms with Crippen LogP contribution in [-0.4, -0.2) is 17.3 Å². The van der Waals surface area contributed by atoms with Crippen molar-refractivity contribution in [2.75, 3.05) is 0 Å². The number of nitrogens with zero attached hydrogens (tertiary/aromatic N) is 1. The van der Waals surface area contributed by atoms with Crippen LogP contribution in [0.15, 0.2) is 42.8 Å². The summed E-state index contributed by atoms with van der Waals surface area (Å²) in [5, 5.41) is 1.48. The quantitative estimate of drug-likeness (QED) is 0.801. The fraction of sp³-hybridized carbons (Fsp3) is 0.357. The minimum absolute atomic E-state index is 0.231. The van der Waals surface area contributed by atoms with Gasteiger partial charge in [-0.25, -0.2) is 4.79 Å². The Morgan fingerprint density at radius 2 is 2.17 bits per heavy atom. The van der Waals surface area contributed by atoms with E-state index in [1.807, 2.05) is 37.3 Å². The Balaban J connectivity index is 1.91. The summed E-state index contributed by atoms with van der Waals surface area (Å²) in [7, 11) is 0. The molecule has 2 rings (SSSR count). The molecule has 0 spiro atoms. The largest absolute Gasteiger partial charge is 0.473 e. The number of ether oxygens (including phenoxy) is 1. The van der Waals surface area contributed by atoms with Crippen molar-refractivity contribution in [3.8, 4) is 0 Å². The summed E-state index contributed by atoms with van der Waals surface area (Å²) in [6.07, 6.45) is 4.79. The molecule has 1 heterocycles. The molecule has 0 fully saturated rings. The normalized spacial score (nSPS) is 17.6. The van der Waals surface area contributed by atoms with Gasteiger partial charge in [0.1, 0.15) is 6.26 Å². The van der Waals surface area contributed by atoms with E-state index in [0.29, 0.717) is 12.8 Å². The van der Waals surface area contributed by atoms with Crippen molar-refractivity contribution in [3.63, 3.8) is 0 Å². The predicted molar refractivity (Wildman–Crippen MR) is 67.0 cm³/mol. The summed E-state index contributed by atoms with van der Waals surface area (Å²) in [4.78, 5) is 16.7. The van der Waals surface area contributed by atoms with E-state index < -0.39 is 0 Å². The van der Waals surface area contributed by atoms with Crippen molar-refractivity contribution in [3.05, 3.63) is 48.4 Å². The van der Waals surface area contributed by atoms with Gasteiger partial charge < -0.3 is 9.57 Å². The minimum Gasteiger partial charge on any atom is -0.473 e. The molecule has 1 aliphatic rings. The van der Waals surface area contributed by atoms with Gasteiger partial charge in [-0.3, -0.25) is 0 Å². The summed E-state index contributed by atoms with van der Waals surface area (Å²) in [6.45, 7) is 1.94. The van der Waals surface area contributed by atoms with Crippen LogP contribution in [-0.2, 0) is 20.8 Å². The Bertz CT molecular complexity index is 416. The fourth-order valence-electron chi connectivity index (χ4n) is 1.75. The zero-order valence-corrected chi connectivity index (χ0v) is 10.4. The SMILES string of the molecule is CCCC(=O)ON1C=COC1Cc1ccccc1. The third-order valence-corrected chi connectivity index (χ3v) is 2.64. The second kappa shape index (κ2) is 6.10. The maximum atomic E-state index is 11.4. The van der Waals surface area contributed by atoms with Crippen molar-refractivity contribution < 1.29 is 14.4 Å². The van der Waals surface area contributed by atoms with Gasteiger partial charge in [0.15, 0.2) is 0 Å². The average molecular weight is 247 g/mol. The lowest BCUT2D eigenvalue weighted by Gasteiger charge is -2.22. The molecule has 18 heavy (non-hydrogen) atoms. The lowest BCUT2D eigenvalue weighted by Crippen LogP contribution is -2.32. The van der Waals surface area contributed by atoms with Gasteiger partial charge in [-0.05, 0) is 12.0 Å². The van der Waals surface area contributed by atoms with Crippen molar-refractivity contribution in [2.45, 2.75) is 32.4 Å². The number of hydrogen-bond donors (Lipinski definition) is 0. The average Bonchev–Trinajstić information content (AvgIpc) is 2.78. The van der Waals surface area contributed by atoms with E-state index in [1.165, 1.54) is 5.06 Å². The lowest BCUT2D eigenvalue weighted by atomic mass is 10.1. The molecule has 0 saturated carbocycles. The van der Waals surface area contributed by atoms with E-state index in [9.17, 15) is 4.79 Å². The third-order valence-electron chi connectivity index (χ3n) is 2.64. The van der Waals surface area contributed by atoms with E-state index in [4.69, 9.17) is 9.57 Å². The van der Waals surface area contributed by atoms with Crippen LogP contribution >= 0.6 is 0 Å². The zero-order chi connectivity index (χ0) is 12.8. The first-order valence-corrected chi connectivity index (χ1v) is 6.15. The van der Waals surface area contributed by atoms with Crippen LogP contribution in [0.25, 0.3) is 0 Å². The summed E-state index contributed by atoms with van der Waals surface area (Å²) in [6, 6.07) is 9.97. The highest BCUT2D eigenvalue weighted by atomic mass is 16.7. The first-order chi connectivity index (χ1) is 8.79. The standard InChI is InChI=1S/C14H17NO3/c1-2-6-14(16)18-15-9-10-17-13(15)11-12-7-4-3-5-8-12/h3-5,7-10,13H,2,6,11H2,1H3. The van der Waals surface area contributed by atoms with Gasteiger partial charge in [0.2, 0.25) is 6.23 Å². The molecule has 0 amide bonds. The number of carbonyl (C=O) groups is 1. The van der Waals surface area contributed by atoms with Gasteiger partial charge >= 0.3 is 5.97 Å². The van der Waals surface area contributed by atoms with Crippen LogP contribution in [0.5, 0.6) is 0 Å². The molecule has 1 unspecified atom stereocenters. The number of rotatable bonds is 5. The topological polar surface area (TPSA) is 38.8 Å². The van der Waals surface area contributed by atoms with Gasteiger partial charge in [0.05, 0.1) is 6.20 Å². The van der Waals surface area contributed by atoms with Gasteiger partial charge in [-0.1, -0.05) is 37.3 Å². The molecule has 1 aromatic carbocycles. The number of hydroxylamine groups is 2. The monoisotopic (exact) mass is 247 g/mol. The minimum atomic E-state index is -0.270. The molecular formula is C14H17NO3. The third kappa shape index (κ3) is 3.26. The van der Waals surface area contributed by atoms with E-state index in [0.717, 1.165) is 12.0 Å². The van der Waals surface area contributed by atoms with Gasteiger partial charge in [0, 0.05) is 12.8 Å². The maximum Gasteiger partial charge on any atom is 0.332 e. The molecule has 0 bridgehead atoms. The van der Waals surface area contributed by atoms with Crippen LogP contribution in [0.1, 0.15) is 25.3 Å². The molecule has 1 atom stereocenters. The first-order valence-electron chi connectivity index (χ1n) is 6.15. The first kappa shape index (κ1) is 12.5. The molecule has 1 aromatic rings. The Kier molecular flexibility index (Phi) is 4.23. The molecule has 4 heteroatoms. The molecule has 0 radical (unpaired) electrons. The molecule has 0 N–H and O–H groups in total. The molecular weight excluding hydrogens is 230 g/mol. The molecule has 4 nitrogen and oxygen atoms in total. The summed E-state index contributed by atoms with van der Waals surface area (Å²) in [5.74, 6) is -0.231. The van der Waals surface area contributed by atoms with E-state index in [1.54, 1.807) is 12.5 Å². The molecule has 0 aliphatic carbocycles. The van der Waals surface area contributed by atoms with Crippen LogP contribution < -0.4 is 0 Å². The Morgan fingerprint density at radius 3 is 2.89 bits per heavy atom. The van der Waals surface area contributed by atoms with Gasteiger partial charge in [-0.15, -0.1) is 0 Å². The van der Waals surface area contributed by atoms with Crippen LogP contribution in [0.4, 0.5) is 0 Å².